The van der Waals surface area contributed by atoms with Gasteiger partial charge in [0.1, 0.15) is 0 Å². The van der Waals surface area contributed by atoms with Crippen molar-refractivity contribution in [1.82, 2.24) is 4.98 Å². The van der Waals surface area contributed by atoms with Crippen molar-refractivity contribution in [3.8, 4) is 0 Å². The van der Waals surface area contributed by atoms with Gasteiger partial charge in [-0.15, -0.1) is 0 Å². The molecule has 0 aliphatic heterocycles. The van der Waals surface area contributed by atoms with E-state index in [4.69, 9.17) is 5.73 Å². The van der Waals surface area contributed by atoms with Gasteiger partial charge in [-0.05, 0) is 37.8 Å². The number of pyridine rings is 1. The van der Waals surface area contributed by atoms with Gasteiger partial charge in [-0.25, -0.2) is 0 Å². The highest BCUT2D eigenvalue weighted by Crippen LogP contribution is 2.36. The summed E-state index contributed by atoms with van der Waals surface area (Å²) in [6.07, 6.45) is 6.58. The fourth-order valence-electron chi connectivity index (χ4n) is 2.48. The summed E-state index contributed by atoms with van der Waals surface area (Å²) in [6, 6.07) is 2.18. The summed E-state index contributed by atoms with van der Waals surface area (Å²) in [5.74, 6) is 0. The van der Waals surface area contributed by atoms with Gasteiger partial charge in [-0.2, -0.15) is 0 Å². The van der Waals surface area contributed by atoms with E-state index in [2.05, 4.69) is 24.9 Å². The van der Waals surface area contributed by atoms with E-state index in [1.165, 1.54) is 24.0 Å². The van der Waals surface area contributed by atoms with E-state index >= 15 is 0 Å². The van der Waals surface area contributed by atoms with Crippen molar-refractivity contribution < 1.29 is 0 Å². The van der Waals surface area contributed by atoms with Crippen LogP contribution in [0.15, 0.2) is 12.3 Å². The van der Waals surface area contributed by atoms with Crippen LogP contribution in [0, 0.1) is 13.8 Å². The molecule has 0 unspecified atom stereocenters. The number of aromatic nitrogens is 1. The number of nitrogens with two attached hydrogens (primary N) is 1. The number of nitrogens with zero attached hydrogens (tertiary/aromatic N) is 1. The summed E-state index contributed by atoms with van der Waals surface area (Å²) in [4.78, 5) is 4.51. The Morgan fingerprint density at radius 2 is 1.93 bits per heavy atom. The Balaban J connectivity index is 2.40. The molecule has 1 aromatic heterocycles. The summed E-state index contributed by atoms with van der Waals surface area (Å²) in [7, 11) is 0. The third kappa shape index (κ3) is 1.55. The average Bonchev–Trinajstić information content (AvgIpc) is 2.52. The lowest BCUT2D eigenvalue weighted by atomic mass is 9.91. The molecule has 0 spiro atoms. The molecule has 2 N–H and O–H groups in total. The minimum absolute atomic E-state index is 0.141. The van der Waals surface area contributed by atoms with Gasteiger partial charge in [0.25, 0.3) is 0 Å². The average molecular weight is 190 g/mol. The van der Waals surface area contributed by atoms with Gasteiger partial charge in [0, 0.05) is 6.20 Å². The first kappa shape index (κ1) is 9.66. The summed E-state index contributed by atoms with van der Waals surface area (Å²) in [5.41, 5.74) is 9.80. The summed E-state index contributed by atoms with van der Waals surface area (Å²) < 4.78 is 0. The monoisotopic (exact) mass is 190 g/mol. The molecule has 1 fully saturated rings. The Morgan fingerprint density at radius 1 is 1.29 bits per heavy atom. The topological polar surface area (TPSA) is 38.9 Å². The summed E-state index contributed by atoms with van der Waals surface area (Å²) >= 11 is 0. The number of aryl methyl sites for hydroxylation is 2. The van der Waals surface area contributed by atoms with Gasteiger partial charge in [0.2, 0.25) is 0 Å². The smallest absolute Gasteiger partial charge is 0.0631 e. The lowest BCUT2D eigenvalue weighted by Crippen LogP contribution is -2.35. The van der Waals surface area contributed by atoms with E-state index < -0.39 is 0 Å². The molecule has 0 radical (unpaired) electrons. The predicted molar refractivity (Wildman–Crippen MR) is 58.0 cm³/mol. The van der Waals surface area contributed by atoms with Gasteiger partial charge < -0.3 is 5.73 Å². The number of hydrogen-bond donors (Lipinski definition) is 1. The van der Waals surface area contributed by atoms with E-state index in [1.807, 2.05) is 6.20 Å². The molecule has 2 heteroatoms. The van der Waals surface area contributed by atoms with Crippen LogP contribution >= 0.6 is 0 Å². The molecule has 76 valence electrons. The van der Waals surface area contributed by atoms with Crippen LogP contribution in [0.5, 0.6) is 0 Å². The zero-order chi connectivity index (χ0) is 10.2. The van der Waals surface area contributed by atoms with Crippen molar-refractivity contribution in [3.05, 3.63) is 29.1 Å². The highest BCUT2D eigenvalue weighted by atomic mass is 14.8. The second-order valence-corrected chi connectivity index (χ2v) is 4.54. The first-order chi connectivity index (χ1) is 6.62. The van der Waals surface area contributed by atoms with E-state index in [0.717, 1.165) is 18.5 Å². The highest BCUT2D eigenvalue weighted by Gasteiger charge is 2.33. The van der Waals surface area contributed by atoms with Crippen LogP contribution in [-0.2, 0) is 5.54 Å². The zero-order valence-electron chi connectivity index (χ0n) is 9.01. The van der Waals surface area contributed by atoms with E-state index in [1.54, 1.807) is 0 Å². The predicted octanol–water partition coefficient (Wildman–Crippen LogP) is 2.43. The van der Waals surface area contributed by atoms with Crippen LogP contribution in [0.2, 0.25) is 0 Å². The normalized spacial score (nSPS) is 19.9. The molecule has 0 atom stereocenters. The Morgan fingerprint density at radius 3 is 2.50 bits per heavy atom. The lowest BCUT2D eigenvalue weighted by molar-refractivity contribution is 0.444. The van der Waals surface area contributed by atoms with Crippen LogP contribution < -0.4 is 5.73 Å². The molecular formula is C12H18N2. The van der Waals surface area contributed by atoms with E-state index in [9.17, 15) is 0 Å². The minimum Gasteiger partial charge on any atom is -0.320 e. The van der Waals surface area contributed by atoms with Crippen LogP contribution in [0.1, 0.15) is 42.5 Å². The Labute approximate surface area is 85.5 Å². The second-order valence-electron chi connectivity index (χ2n) is 4.54. The number of rotatable bonds is 1. The first-order valence-electron chi connectivity index (χ1n) is 5.34. The van der Waals surface area contributed by atoms with E-state index in [0.29, 0.717) is 0 Å². The van der Waals surface area contributed by atoms with Gasteiger partial charge in [-0.3, -0.25) is 4.98 Å². The summed E-state index contributed by atoms with van der Waals surface area (Å²) in [5, 5.41) is 0. The quantitative estimate of drug-likeness (QED) is 0.738. The fourth-order valence-corrected chi connectivity index (χ4v) is 2.48. The Hall–Kier alpha value is -0.890. The van der Waals surface area contributed by atoms with Gasteiger partial charge in [0.15, 0.2) is 0 Å². The maximum Gasteiger partial charge on any atom is 0.0631 e. The minimum atomic E-state index is -0.141. The van der Waals surface area contributed by atoms with Crippen LogP contribution in [0.3, 0.4) is 0 Å². The zero-order valence-corrected chi connectivity index (χ0v) is 9.01. The molecule has 2 nitrogen and oxygen atoms in total. The molecule has 14 heavy (non-hydrogen) atoms. The van der Waals surface area contributed by atoms with Gasteiger partial charge in [-0.1, -0.05) is 18.9 Å². The van der Waals surface area contributed by atoms with E-state index in [-0.39, 0.29) is 5.54 Å². The van der Waals surface area contributed by atoms with Gasteiger partial charge in [0.05, 0.1) is 11.2 Å². The molecule has 0 amide bonds. The third-order valence-corrected chi connectivity index (χ3v) is 3.18. The van der Waals surface area contributed by atoms with Crippen molar-refractivity contribution in [2.24, 2.45) is 5.73 Å². The Kier molecular flexibility index (Phi) is 2.31. The third-order valence-electron chi connectivity index (χ3n) is 3.18. The molecule has 0 bridgehead atoms. The molecule has 1 aromatic rings. The largest absolute Gasteiger partial charge is 0.320 e. The van der Waals surface area contributed by atoms with Crippen LogP contribution in [0.4, 0.5) is 0 Å². The number of hydrogen-bond acceptors (Lipinski definition) is 2. The molecular weight excluding hydrogens is 172 g/mol. The standard InChI is InChI=1S/C12H18N2/c1-9-7-10(2)11(14-8-9)12(13)5-3-4-6-12/h7-8H,3-6,13H2,1-2H3. The highest BCUT2D eigenvalue weighted by molar-refractivity contribution is 5.29. The molecule has 0 saturated heterocycles. The van der Waals surface area contributed by atoms with Crippen LogP contribution in [0.25, 0.3) is 0 Å². The molecule has 2 rings (SSSR count). The SMILES string of the molecule is Cc1cnc(C2(N)CCCC2)c(C)c1. The van der Waals surface area contributed by atoms with Crippen molar-refractivity contribution in [2.75, 3.05) is 0 Å². The van der Waals surface area contributed by atoms with Crippen molar-refractivity contribution >= 4 is 0 Å². The molecule has 1 aliphatic carbocycles. The van der Waals surface area contributed by atoms with Crippen molar-refractivity contribution in [1.29, 1.82) is 0 Å². The maximum absolute atomic E-state index is 6.37. The molecule has 1 aliphatic rings. The molecule has 0 aromatic carbocycles. The van der Waals surface area contributed by atoms with Crippen molar-refractivity contribution in [2.45, 2.75) is 45.1 Å². The Bertz CT molecular complexity index is 338. The second kappa shape index (κ2) is 3.35. The maximum atomic E-state index is 6.37. The van der Waals surface area contributed by atoms with Crippen LogP contribution in [-0.4, -0.2) is 4.98 Å². The molecule has 1 heterocycles. The first-order valence-corrected chi connectivity index (χ1v) is 5.34. The van der Waals surface area contributed by atoms with Gasteiger partial charge >= 0.3 is 0 Å². The molecule has 1 saturated carbocycles. The van der Waals surface area contributed by atoms with Crippen molar-refractivity contribution in [3.63, 3.8) is 0 Å². The fraction of sp³-hybridized carbons (Fsp3) is 0.583. The summed E-state index contributed by atoms with van der Waals surface area (Å²) in [6.45, 7) is 4.18. The lowest BCUT2D eigenvalue weighted by Gasteiger charge is -2.24.